The molecule has 1 rings (SSSR count). The van der Waals surface area contributed by atoms with Crippen molar-refractivity contribution in [2.75, 3.05) is 0 Å². The Morgan fingerprint density at radius 1 is 1.31 bits per heavy atom. The van der Waals surface area contributed by atoms with Gasteiger partial charge >= 0.3 is 6.09 Å². The lowest BCUT2D eigenvalue weighted by Gasteiger charge is -2.19. The number of rotatable bonds is 2. The van der Waals surface area contributed by atoms with Crippen LogP contribution in [0.5, 0.6) is 5.75 Å². The molecular weight excluding hydrogens is 321 g/mol. The number of hydroxylamine groups is 1. The van der Waals surface area contributed by atoms with Crippen molar-refractivity contribution in [1.82, 2.24) is 5.48 Å². The van der Waals surface area contributed by atoms with E-state index >= 15 is 0 Å². The lowest BCUT2D eigenvalue weighted by molar-refractivity contribution is 0.0286. The Balaban J connectivity index is 2.47. The Labute approximate surface area is 108 Å². The third-order valence-electron chi connectivity index (χ3n) is 1.48. The Kier molecular flexibility index (Phi) is 4.40. The van der Waals surface area contributed by atoms with Crippen LogP contribution in [0.1, 0.15) is 20.8 Å². The summed E-state index contributed by atoms with van der Waals surface area (Å²) in [4.78, 5) is 16.4. The summed E-state index contributed by atoms with van der Waals surface area (Å²) in [5.74, 6) is 0.592. The van der Waals surface area contributed by atoms with Crippen molar-refractivity contribution in [2.24, 2.45) is 0 Å². The van der Waals surface area contributed by atoms with E-state index in [4.69, 9.17) is 9.57 Å². The Bertz CT molecular complexity index is 374. The summed E-state index contributed by atoms with van der Waals surface area (Å²) < 4.78 is 5.93. The summed E-state index contributed by atoms with van der Waals surface area (Å²) in [6, 6.07) is 7.36. The number of nitrogens with one attached hydrogen (secondary N) is 1. The zero-order chi connectivity index (χ0) is 12.2. The van der Waals surface area contributed by atoms with E-state index < -0.39 is 11.7 Å². The van der Waals surface area contributed by atoms with Crippen LogP contribution in [0.25, 0.3) is 0 Å². The maximum atomic E-state index is 11.3. The molecule has 0 aliphatic rings. The van der Waals surface area contributed by atoms with E-state index in [0.717, 1.165) is 3.57 Å². The molecule has 1 aromatic rings. The first-order chi connectivity index (χ1) is 7.38. The van der Waals surface area contributed by atoms with Crippen LogP contribution < -0.4 is 10.3 Å². The molecule has 1 amide bonds. The largest absolute Gasteiger partial charge is 0.442 e. The van der Waals surface area contributed by atoms with Gasteiger partial charge in [-0.05, 0) is 55.5 Å². The standard InChI is InChI=1S/C11H14INO3/c1-11(2,3)15-10(14)13-16-9-7-5-4-6-8(9)12/h4-7H,1-3H3,(H,13,14). The fourth-order valence-corrected chi connectivity index (χ4v) is 1.42. The summed E-state index contributed by atoms with van der Waals surface area (Å²) >= 11 is 2.12. The van der Waals surface area contributed by atoms with Crippen molar-refractivity contribution in [2.45, 2.75) is 26.4 Å². The highest BCUT2D eigenvalue weighted by Crippen LogP contribution is 2.18. The first-order valence-corrected chi connectivity index (χ1v) is 5.87. The van der Waals surface area contributed by atoms with Gasteiger partial charge in [-0.15, -0.1) is 0 Å². The molecule has 16 heavy (non-hydrogen) atoms. The quantitative estimate of drug-likeness (QED) is 0.667. The summed E-state index contributed by atoms with van der Waals surface area (Å²) in [5, 5.41) is 0. The molecule has 0 aromatic heterocycles. The van der Waals surface area contributed by atoms with Crippen LogP contribution in [0.4, 0.5) is 4.79 Å². The van der Waals surface area contributed by atoms with Gasteiger partial charge < -0.3 is 9.57 Å². The summed E-state index contributed by atoms with van der Waals surface area (Å²) in [6.07, 6.45) is -0.604. The number of amides is 1. The molecule has 0 aliphatic heterocycles. The fourth-order valence-electron chi connectivity index (χ4n) is 0.923. The molecule has 0 fully saturated rings. The number of benzene rings is 1. The van der Waals surface area contributed by atoms with E-state index in [2.05, 4.69) is 28.1 Å². The predicted octanol–water partition coefficient (Wildman–Crippen LogP) is 3.11. The molecule has 1 aromatic carbocycles. The van der Waals surface area contributed by atoms with Crippen molar-refractivity contribution in [3.63, 3.8) is 0 Å². The van der Waals surface area contributed by atoms with Gasteiger partial charge in [-0.3, -0.25) is 0 Å². The lowest BCUT2D eigenvalue weighted by atomic mass is 10.2. The van der Waals surface area contributed by atoms with Crippen molar-refractivity contribution in [3.05, 3.63) is 27.8 Å². The summed E-state index contributed by atoms with van der Waals surface area (Å²) in [7, 11) is 0. The molecule has 0 radical (unpaired) electrons. The monoisotopic (exact) mass is 335 g/mol. The van der Waals surface area contributed by atoms with Gasteiger partial charge in [0.25, 0.3) is 0 Å². The zero-order valence-corrected chi connectivity index (χ0v) is 11.6. The molecule has 0 bridgehead atoms. The van der Waals surface area contributed by atoms with Gasteiger partial charge in [0.2, 0.25) is 0 Å². The minimum absolute atomic E-state index is 0.530. The number of halogens is 1. The number of para-hydroxylation sites is 1. The fraction of sp³-hybridized carbons (Fsp3) is 0.364. The molecule has 0 unspecified atom stereocenters. The smallest absolute Gasteiger partial charge is 0.441 e. The number of carbonyl (C=O) groups excluding carboxylic acids is 1. The highest BCUT2D eigenvalue weighted by atomic mass is 127. The summed E-state index contributed by atoms with van der Waals surface area (Å²) in [5.41, 5.74) is 1.70. The average molecular weight is 335 g/mol. The van der Waals surface area contributed by atoms with E-state index in [9.17, 15) is 4.79 Å². The van der Waals surface area contributed by atoms with Crippen molar-refractivity contribution in [1.29, 1.82) is 0 Å². The van der Waals surface area contributed by atoms with Crippen LogP contribution >= 0.6 is 22.6 Å². The molecule has 4 nitrogen and oxygen atoms in total. The maximum Gasteiger partial charge on any atom is 0.441 e. The molecule has 0 saturated heterocycles. The first kappa shape index (κ1) is 13.1. The zero-order valence-electron chi connectivity index (χ0n) is 9.41. The van der Waals surface area contributed by atoms with Gasteiger partial charge in [0.1, 0.15) is 5.60 Å². The SMILES string of the molecule is CC(C)(C)OC(=O)NOc1ccccc1I. The predicted molar refractivity (Wildman–Crippen MR) is 69.2 cm³/mol. The molecule has 1 N–H and O–H groups in total. The average Bonchev–Trinajstić information content (AvgIpc) is 2.14. The van der Waals surface area contributed by atoms with Crippen LogP contribution in [0.2, 0.25) is 0 Å². The highest BCUT2D eigenvalue weighted by molar-refractivity contribution is 14.1. The summed E-state index contributed by atoms with van der Waals surface area (Å²) in [6.45, 7) is 5.37. The molecule has 0 spiro atoms. The molecular formula is C11H14INO3. The third kappa shape index (κ3) is 4.69. The Hall–Kier alpha value is -0.980. The minimum Gasteiger partial charge on any atom is -0.442 e. The van der Waals surface area contributed by atoms with Crippen molar-refractivity contribution in [3.8, 4) is 5.75 Å². The minimum atomic E-state index is -0.604. The van der Waals surface area contributed by atoms with Gasteiger partial charge in [-0.25, -0.2) is 4.79 Å². The Morgan fingerprint density at radius 3 is 2.50 bits per heavy atom. The number of hydrogen-bond acceptors (Lipinski definition) is 3. The van der Waals surface area contributed by atoms with Gasteiger partial charge in [0.05, 0.1) is 3.57 Å². The van der Waals surface area contributed by atoms with Crippen LogP contribution in [-0.4, -0.2) is 11.7 Å². The van der Waals surface area contributed by atoms with Crippen molar-refractivity contribution < 1.29 is 14.4 Å². The van der Waals surface area contributed by atoms with Gasteiger partial charge in [0.15, 0.2) is 5.75 Å². The van der Waals surface area contributed by atoms with Gasteiger partial charge in [-0.1, -0.05) is 12.1 Å². The van der Waals surface area contributed by atoms with Gasteiger partial charge in [0, 0.05) is 0 Å². The van der Waals surface area contributed by atoms with E-state index in [1.807, 2.05) is 18.2 Å². The number of hydrogen-bond donors (Lipinski definition) is 1. The van der Waals surface area contributed by atoms with Crippen LogP contribution in [0, 0.1) is 3.57 Å². The number of carbonyl (C=O) groups is 1. The molecule has 0 atom stereocenters. The van der Waals surface area contributed by atoms with E-state index in [-0.39, 0.29) is 0 Å². The molecule has 0 aliphatic carbocycles. The van der Waals surface area contributed by atoms with Crippen LogP contribution in [0.3, 0.4) is 0 Å². The molecule has 0 saturated carbocycles. The van der Waals surface area contributed by atoms with Crippen LogP contribution in [0.15, 0.2) is 24.3 Å². The topological polar surface area (TPSA) is 47.6 Å². The lowest BCUT2D eigenvalue weighted by Crippen LogP contribution is -2.34. The molecule has 88 valence electrons. The van der Waals surface area contributed by atoms with Gasteiger partial charge in [-0.2, -0.15) is 5.48 Å². The second-order valence-electron chi connectivity index (χ2n) is 4.14. The van der Waals surface area contributed by atoms with E-state index in [1.165, 1.54) is 0 Å². The molecule has 5 heteroatoms. The molecule has 0 heterocycles. The van der Waals surface area contributed by atoms with Crippen molar-refractivity contribution >= 4 is 28.7 Å². The third-order valence-corrected chi connectivity index (χ3v) is 2.37. The van der Waals surface area contributed by atoms with Crippen LogP contribution in [-0.2, 0) is 4.74 Å². The first-order valence-electron chi connectivity index (χ1n) is 4.79. The second-order valence-corrected chi connectivity index (χ2v) is 5.30. The maximum absolute atomic E-state index is 11.3. The number of ether oxygens (including phenoxy) is 1. The van der Waals surface area contributed by atoms with E-state index in [1.54, 1.807) is 26.8 Å². The Morgan fingerprint density at radius 2 is 1.94 bits per heavy atom. The highest BCUT2D eigenvalue weighted by Gasteiger charge is 2.16. The van der Waals surface area contributed by atoms with E-state index in [0.29, 0.717) is 5.75 Å². The normalized spacial score (nSPS) is 10.8. The second kappa shape index (κ2) is 5.38.